The number of rotatable bonds is 5. The third-order valence-corrected chi connectivity index (χ3v) is 3.75. The zero-order valence-electron chi connectivity index (χ0n) is 9.42. The molecule has 3 N–H and O–H groups in total. The van der Waals surface area contributed by atoms with Gasteiger partial charge in [-0.2, -0.15) is 17.4 Å². The standard InChI is InChI=1S/C10H17N3O2S/c1-13(2)16(14,15)12-10(8-11)9-6-4-3-5-7-9/h3-7,10,12H,8,11H2,1-2H3. The van der Waals surface area contributed by atoms with Crippen molar-refractivity contribution in [2.45, 2.75) is 6.04 Å². The van der Waals surface area contributed by atoms with Crippen LogP contribution in [0.2, 0.25) is 0 Å². The summed E-state index contributed by atoms with van der Waals surface area (Å²) < 4.78 is 26.9. The van der Waals surface area contributed by atoms with Crippen LogP contribution in [0.25, 0.3) is 0 Å². The average molecular weight is 243 g/mol. The van der Waals surface area contributed by atoms with Crippen LogP contribution in [0.5, 0.6) is 0 Å². The van der Waals surface area contributed by atoms with Crippen molar-refractivity contribution >= 4 is 10.2 Å². The normalized spacial score (nSPS) is 14.0. The van der Waals surface area contributed by atoms with Crippen LogP contribution in [0.1, 0.15) is 11.6 Å². The molecule has 0 spiro atoms. The number of hydrogen-bond acceptors (Lipinski definition) is 3. The minimum Gasteiger partial charge on any atom is -0.329 e. The predicted octanol–water partition coefficient (Wildman–Crippen LogP) is 0.0824. The minimum atomic E-state index is -3.45. The molecule has 0 saturated carbocycles. The second-order valence-corrected chi connectivity index (χ2v) is 5.52. The van der Waals surface area contributed by atoms with E-state index in [0.717, 1.165) is 9.87 Å². The molecule has 0 saturated heterocycles. The van der Waals surface area contributed by atoms with E-state index in [1.54, 1.807) is 0 Å². The van der Waals surface area contributed by atoms with Crippen LogP contribution in [0.4, 0.5) is 0 Å². The first kappa shape index (κ1) is 13.1. The van der Waals surface area contributed by atoms with E-state index in [2.05, 4.69) is 4.72 Å². The molecule has 0 fully saturated rings. The highest BCUT2D eigenvalue weighted by Gasteiger charge is 2.19. The van der Waals surface area contributed by atoms with Crippen molar-refractivity contribution in [1.82, 2.24) is 9.03 Å². The van der Waals surface area contributed by atoms with E-state index < -0.39 is 16.3 Å². The Labute approximate surface area is 96.4 Å². The van der Waals surface area contributed by atoms with E-state index in [1.807, 2.05) is 30.3 Å². The van der Waals surface area contributed by atoms with Gasteiger partial charge in [-0.3, -0.25) is 0 Å². The summed E-state index contributed by atoms with van der Waals surface area (Å²) in [7, 11) is -0.508. The SMILES string of the molecule is CN(C)S(=O)(=O)NC(CN)c1ccccc1. The quantitative estimate of drug-likeness (QED) is 0.769. The second-order valence-electron chi connectivity index (χ2n) is 3.60. The fraction of sp³-hybridized carbons (Fsp3) is 0.400. The molecule has 6 heteroatoms. The average Bonchev–Trinajstić information content (AvgIpc) is 2.27. The zero-order chi connectivity index (χ0) is 12.2. The van der Waals surface area contributed by atoms with Gasteiger partial charge < -0.3 is 5.73 Å². The maximum atomic E-state index is 11.6. The van der Waals surface area contributed by atoms with E-state index in [4.69, 9.17) is 5.73 Å². The van der Waals surface area contributed by atoms with E-state index in [-0.39, 0.29) is 6.54 Å². The van der Waals surface area contributed by atoms with Crippen LogP contribution in [-0.2, 0) is 10.2 Å². The van der Waals surface area contributed by atoms with Crippen LogP contribution in [0.3, 0.4) is 0 Å². The minimum absolute atomic E-state index is 0.219. The lowest BCUT2D eigenvalue weighted by molar-refractivity contribution is 0.490. The van der Waals surface area contributed by atoms with Crippen molar-refractivity contribution in [3.63, 3.8) is 0 Å². The summed E-state index contributed by atoms with van der Waals surface area (Å²) in [6.45, 7) is 0.219. The Morgan fingerprint density at radius 1 is 1.31 bits per heavy atom. The number of nitrogens with zero attached hydrogens (tertiary/aromatic N) is 1. The van der Waals surface area contributed by atoms with Gasteiger partial charge in [0.15, 0.2) is 0 Å². The Bertz CT molecular complexity index is 417. The number of benzene rings is 1. The molecule has 1 aromatic rings. The Hall–Kier alpha value is -0.950. The van der Waals surface area contributed by atoms with E-state index >= 15 is 0 Å². The third kappa shape index (κ3) is 3.28. The molecule has 1 rings (SSSR count). The molecule has 0 radical (unpaired) electrons. The summed E-state index contributed by atoms with van der Waals surface area (Å²) >= 11 is 0. The van der Waals surface area contributed by atoms with Crippen molar-refractivity contribution in [3.8, 4) is 0 Å². The highest BCUT2D eigenvalue weighted by atomic mass is 32.2. The summed E-state index contributed by atoms with van der Waals surface area (Å²) in [6.07, 6.45) is 0. The van der Waals surface area contributed by atoms with Gasteiger partial charge in [0.25, 0.3) is 10.2 Å². The lowest BCUT2D eigenvalue weighted by Gasteiger charge is -2.20. The summed E-state index contributed by atoms with van der Waals surface area (Å²) in [5, 5.41) is 0. The maximum Gasteiger partial charge on any atom is 0.279 e. The molecule has 16 heavy (non-hydrogen) atoms. The van der Waals surface area contributed by atoms with Gasteiger partial charge in [0.05, 0.1) is 6.04 Å². The highest BCUT2D eigenvalue weighted by molar-refractivity contribution is 7.87. The fourth-order valence-corrected chi connectivity index (χ4v) is 2.03. The van der Waals surface area contributed by atoms with Crippen LogP contribution in [-0.4, -0.2) is 33.4 Å². The van der Waals surface area contributed by atoms with Crippen molar-refractivity contribution in [2.24, 2.45) is 5.73 Å². The smallest absolute Gasteiger partial charge is 0.279 e. The van der Waals surface area contributed by atoms with Crippen LogP contribution in [0.15, 0.2) is 30.3 Å². The molecular formula is C10H17N3O2S. The van der Waals surface area contributed by atoms with Crippen molar-refractivity contribution in [2.75, 3.05) is 20.6 Å². The second kappa shape index (κ2) is 5.40. The monoisotopic (exact) mass is 243 g/mol. The Morgan fingerprint density at radius 2 is 1.88 bits per heavy atom. The van der Waals surface area contributed by atoms with Gasteiger partial charge >= 0.3 is 0 Å². The molecule has 5 nitrogen and oxygen atoms in total. The van der Waals surface area contributed by atoms with Gasteiger partial charge in [-0.1, -0.05) is 30.3 Å². The Kier molecular flexibility index (Phi) is 4.43. The predicted molar refractivity (Wildman–Crippen MR) is 64.0 cm³/mol. The van der Waals surface area contributed by atoms with Gasteiger partial charge in [0.2, 0.25) is 0 Å². The molecule has 0 heterocycles. The van der Waals surface area contributed by atoms with Crippen molar-refractivity contribution in [3.05, 3.63) is 35.9 Å². The van der Waals surface area contributed by atoms with Gasteiger partial charge in [0.1, 0.15) is 0 Å². The molecule has 0 aliphatic rings. The summed E-state index contributed by atoms with van der Waals surface area (Å²) in [6, 6.07) is 8.86. The van der Waals surface area contributed by atoms with E-state index in [0.29, 0.717) is 0 Å². The molecule has 1 aromatic carbocycles. The van der Waals surface area contributed by atoms with Crippen molar-refractivity contribution in [1.29, 1.82) is 0 Å². The van der Waals surface area contributed by atoms with Gasteiger partial charge in [-0.05, 0) is 5.56 Å². The lowest BCUT2D eigenvalue weighted by Crippen LogP contribution is -2.40. The molecule has 0 amide bonds. The van der Waals surface area contributed by atoms with Gasteiger partial charge in [-0.25, -0.2) is 0 Å². The fourth-order valence-electron chi connectivity index (χ4n) is 1.22. The van der Waals surface area contributed by atoms with E-state index in [9.17, 15) is 8.42 Å². The number of nitrogens with two attached hydrogens (primary N) is 1. The Morgan fingerprint density at radius 3 is 2.31 bits per heavy atom. The molecule has 0 aromatic heterocycles. The molecule has 90 valence electrons. The van der Waals surface area contributed by atoms with Crippen LogP contribution in [0, 0.1) is 0 Å². The molecular weight excluding hydrogens is 226 g/mol. The number of hydrogen-bond donors (Lipinski definition) is 2. The molecule has 1 unspecified atom stereocenters. The van der Waals surface area contributed by atoms with Crippen LogP contribution < -0.4 is 10.5 Å². The molecule has 0 aliphatic heterocycles. The van der Waals surface area contributed by atoms with E-state index in [1.165, 1.54) is 14.1 Å². The zero-order valence-corrected chi connectivity index (χ0v) is 10.2. The molecule has 0 bridgehead atoms. The first-order valence-electron chi connectivity index (χ1n) is 4.92. The number of nitrogens with one attached hydrogen (secondary N) is 1. The highest BCUT2D eigenvalue weighted by Crippen LogP contribution is 2.12. The molecule has 1 atom stereocenters. The van der Waals surface area contributed by atoms with Gasteiger partial charge in [0, 0.05) is 20.6 Å². The first-order valence-corrected chi connectivity index (χ1v) is 6.36. The topological polar surface area (TPSA) is 75.4 Å². The van der Waals surface area contributed by atoms with Crippen molar-refractivity contribution < 1.29 is 8.42 Å². The Balaban J connectivity index is 2.86. The maximum absolute atomic E-state index is 11.6. The summed E-state index contributed by atoms with van der Waals surface area (Å²) in [4.78, 5) is 0. The largest absolute Gasteiger partial charge is 0.329 e. The van der Waals surface area contributed by atoms with Gasteiger partial charge in [-0.15, -0.1) is 0 Å². The lowest BCUT2D eigenvalue weighted by atomic mass is 10.1. The summed E-state index contributed by atoms with van der Waals surface area (Å²) in [5.41, 5.74) is 6.42. The molecule has 0 aliphatic carbocycles. The first-order chi connectivity index (χ1) is 7.47. The van der Waals surface area contributed by atoms with Crippen LogP contribution >= 0.6 is 0 Å². The summed E-state index contributed by atoms with van der Waals surface area (Å²) in [5.74, 6) is 0. The third-order valence-electron chi connectivity index (χ3n) is 2.21.